The van der Waals surface area contributed by atoms with Gasteiger partial charge in [-0.1, -0.05) is 221 Å². The maximum Gasteiger partial charge on any atom is 4.00 e. The van der Waals surface area contributed by atoms with Gasteiger partial charge in [-0.3, -0.25) is 4.99 Å². The van der Waals surface area contributed by atoms with Gasteiger partial charge in [-0.25, -0.2) is 0 Å². The van der Waals surface area contributed by atoms with Crippen molar-refractivity contribution in [3.05, 3.63) is 440 Å². The van der Waals surface area contributed by atoms with E-state index in [4.69, 9.17) is 15.6 Å². The van der Waals surface area contributed by atoms with E-state index in [1.54, 1.807) is 0 Å². The second-order valence-corrected chi connectivity index (χ2v) is 24.9. The minimum atomic E-state index is 0. The molecular formula is C95H113Hf2N4-5. The predicted octanol–water partition coefficient (Wildman–Crippen LogP) is 27.3. The molecule has 1 aliphatic rings. The van der Waals surface area contributed by atoms with E-state index in [-0.39, 0.29) is 51.7 Å². The quantitative estimate of drug-likeness (QED) is 0.0621. The molecule has 0 saturated heterocycles. The first-order valence-electron chi connectivity index (χ1n) is 35.0. The van der Waals surface area contributed by atoms with Crippen molar-refractivity contribution in [1.29, 1.82) is 0 Å². The molecule has 101 heavy (non-hydrogen) atoms. The first-order valence-corrected chi connectivity index (χ1v) is 35.0. The van der Waals surface area contributed by atoms with E-state index in [2.05, 4.69) is 214 Å². The van der Waals surface area contributed by atoms with Gasteiger partial charge in [0.15, 0.2) is 0 Å². The molecule has 4 nitrogen and oxygen atoms in total. The molecule has 0 fully saturated rings. The summed E-state index contributed by atoms with van der Waals surface area (Å²) in [5.74, 6) is 1.84. The maximum absolute atomic E-state index is 5.14. The van der Waals surface area contributed by atoms with Gasteiger partial charge in [0.25, 0.3) is 0 Å². The summed E-state index contributed by atoms with van der Waals surface area (Å²) in [5, 5.41) is 14.7. The Morgan fingerprint density at radius 3 is 0.980 bits per heavy atom. The van der Waals surface area contributed by atoms with Crippen molar-refractivity contribution in [3.8, 4) is 0 Å². The van der Waals surface area contributed by atoms with E-state index in [0.29, 0.717) is 23.7 Å². The molecule has 0 unspecified atom stereocenters. The van der Waals surface area contributed by atoms with Crippen LogP contribution in [0.2, 0.25) is 0 Å². The zero-order chi connectivity index (χ0) is 72.3. The van der Waals surface area contributed by atoms with Gasteiger partial charge in [0.1, 0.15) is 0 Å². The number of nitrogens with zero attached hydrogens (tertiary/aromatic N) is 3. The molecule has 0 aliphatic heterocycles. The fourth-order valence-corrected chi connectivity index (χ4v) is 9.30. The van der Waals surface area contributed by atoms with Crippen LogP contribution >= 0.6 is 0 Å². The van der Waals surface area contributed by atoms with Crippen LogP contribution in [-0.2, 0) is 51.7 Å². The third kappa shape index (κ3) is 41.0. The van der Waals surface area contributed by atoms with Gasteiger partial charge < -0.3 is 16.0 Å². The number of para-hydroxylation sites is 2. The molecule has 6 heteroatoms. The van der Waals surface area contributed by atoms with Crippen molar-refractivity contribution in [2.24, 2.45) is 4.99 Å². The minimum Gasteiger partial charge on any atom is -0.688 e. The summed E-state index contributed by atoms with van der Waals surface area (Å²) in [4.78, 5) is 4.82. The average Bonchev–Trinajstić information content (AvgIpc) is 1.69. The fourth-order valence-electron chi connectivity index (χ4n) is 9.30. The van der Waals surface area contributed by atoms with Gasteiger partial charge in [-0.2, -0.15) is 184 Å². The summed E-state index contributed by atoms with van der Waals surface area (Å²) >= 11 is 0. The first-order chi connectivity index (χ1) is 47.8. The Balaban J connectivity index is 0.000000609. The first kappa shape index (κ1) is 90.3. The molecule has 526 valence electrons. The zero-order valence-electron chi connectivity index (χ0n) is 62.4. The fraction of sp³-hybridized carbons (Fsp3) is 0.221. The molecule has 0 aromatic heterocycles. The van der Waals surface area contributed by atoms with Gasteiger partial charge in [0.2, 0.25) is 0 Å². The molecule has 0 heterocycles. The SMILES string of the molecule is CCCCN=c1cccccc1Nc1c(C(C)C)cccc1C(C)C.CCCC[N-]C1=C([N-]c2c(C(C)C)cccc2C(C)C)C=CC=CC1.[CH2-]c1ccccc1.[CH2-]c1ccccc1.[CH2-]c1ccccc1.[CH2-]c1ccccc1.[CH2-]c1ccccc1.[CH2-]c1ccccc1.[CH2-]c1ccccc1.[Hf+4].[Hf]. The largest absolute Gasteiger partial charge is 4.00 e. The van der Waals surface area contributed by atoms with Crippen LogP contribution in [0, 0.1) is 48.5 Å². The number of allylic oxidation sites excluding steroid dienone is 4. The average molecular weight is 1670 g/mol. The van der Waals surface area contributed by atoms with Crippen LogP contribution in [0.1, 0.15) is 186 Å². The number of nitrogens with one attached hydrogen (secondary N) is 1. The number of unbranched alkanes of at least 4 members (excludes halogenated alkanes) is 2. The molecule has 0 saturated carbocycles. The Labute approximate surface area is 652 Å². The van der Waals surface area contributed by atoms with E-state index in [1.165, 1.54) is 40.8 Å². The molecule has 0 spiro atoms. The Hall–Kier alpha value is -8.68. The van der Waals surface area contributed by atoms with Gasteiger partial charge in [0, 0.05) is 38.1 Å². The number of hydrogen-bond acceptors (Lipinski definition) is 2. The van der Waals surface area contributed by atoms with Crippen LogP contribution in [0.15, 0.2) is 320 Å². The normalized spacial score (nSPS) is 10.7. The van der Waals surface area contributed by atoms with E-state index < -0.39 is 0 Å². The topological polar surface area (TPSA) is 52.6 Å². The molecule has 0 amide bonds. The van der Waals surface area contributed by atoms with Crippen LogP contribution in [-0.4, -0.2) is 13.1 Å². The molecule has 1 N–H and O–H groups in total. The van der Waals surface area contributed by atoms with E-state index in [0.717, 1.165) is 99.4 Å². The molecular weight excluding hydrogens is 1550 g/mol. The van der Waals surface area contributed by atoms with Crippen LogP contribution in [0.25, 0.3) is 10.6 Å². The standard InChI is InChI=1S/2C23H32N2.7C7H7.2Hf/c2*1-6-7-16-24-21-14-9-8-10-15-22(21)25-23-19(17(2)3)12-11-13-20(23)18(4)5;7*1-7-5-3-2-4-6-7;;/h8-13,15,17-18H,6-7,14,16H2,1-5H3;8-15,17-18H,6-7,16H2,1-5H3,(H,24,25);7*2-6H,1H2;;/q-2;;7*-1;;+4. The Morgan fingerprint density at radius 2 is 0.683 bits per heavy atom. The Bertz CT molecular complexity index is 3390. The summed E-state index contributed by atoms with van der Waals surface area (Å²) < 4.78 is 0. The number of hydrogen-bond donors (Lipinski definition) is 1. The molecule has 10 aromatic carbocycles. The van der Waals surface area contributed by atoms with Crippen molar-refractivity contribution in [3.63, 3.8) is 0 Å². The van der Waals surface area contributed by atoms with Crippen molar-refractivity contribution in [2.75, 3.05) is 18.4 Å². The molecule has 0 bridgehead atoms. The zero-order valence-corrected chi connectivity index (χ0v) is 69.6. The summed E-state index contributed by atoms with van der Waals surface area (Å²) in [6.07, 6.45) is 13.9. The summed E-state index contributed by atoms with van der Waals surface area (Å²) in [6, 6.07) is 92.8. The molecule has 11 rings (SSSR count). The Morgan fingerprint density at radius 1 is 0.376 bits per heavy atom. The smallest absolute Gasteiger partial charge is 0.688 e. The number of rotatable bonds is 15. The molecule has 10 aromatic rings. The number of anilines is 2. The summed E-state index contributed by atoms with van der Waals surface area (Å²) in [6.45, 7) is 50.2. The summed E-state index contributed by atoms with van der Waals surface area (Å²) in [5.41, 5.74) is 18.4. The van der Waals surface area contributed by atoms with E-state index in [1.807, 2.05) is 212 Å². The predicted molar refractivity (Wildman–Crippen MR) is 437 cm³/mol. The van der Waals surface area contributed by atoms with Crippen molar-refractivity contribution in [2.45, 2.75) is 125 Å². The monoisotopic (exact) mass is 1670 g/mol. The van der Waals surface area contributed by atoms with E-state index in [9.17, 15) is 0 Å². The summed E-state index contributed by atoms with van der Waals surface area (Å²) in [7, 11) is 0. The van der Waals surface area contributed by atoms with Crippen molar-refractivity contribution >= 4 is 17.1 Å². The second kappa shape index (κ2) is 56.0. The third-order valence-corrected chi connectivity index (χ3v) is 14.8. The Kier molecular flexibility index (Phi) is 50.1. The van der Waals surface area contributed by atoms with Gasteiger partial charge >= 0.3 is 25.8 Å². The molecule has 0 atom stereocenters. The van der Waals surface area contributed by atoms with Gasteiger partial charge in [-0.05, 0) is 59.8 Å². The third-order valence-electron chi connectivity index (χ3n) is 14.8. The second-order valence-electron chi connectivity index (χ2n) is 24.9. The van der Waals surface area contributed by atoms with Crippen LogP contribution in [0.4, 0.5) is 17.1 Å². The maximum atomic E-state index is 5.14. The molecule has 1 aliphatic carbocycles. The van der Waals surface area contributed by atoms with E-state index >= 15 is 0 Å². The van der Waals surface area contributed by atoms with Crippen LogP contribution in [0.3, 0.4) is 0 Å². The van der Waals surface area contributed by atoms with Crippen LogP contribution in [0.5, 0.6) is 0 Å². The van der Waals surface area contributed by atoms with Crippen LogP contribution < -0.4 is 10.7 Å². The molecule has 0 radical (unpaired) electrons. The van der Waals surface area contributed by atoms with Crippen molar-refractivity contribution < 1.29 is 51.7 Å². The van der Waals surface area contributed by atoms with Crippen molar-refractivity contribution in [1.82, 2.24) is 0 Å². The van der Waals surface area contributed by atoms with Gasteiger partial charge in [-0.15, -0.1) is 97.2 Å². The van der Waals surface area contributed by atoms with Gasteiger partial charge in [0.05, 0.1) is 11.0 Å². The number of benzene rings is 9. The minimum absolute atomic E-state index is 0.